The Morgan fingerprint density at radius 2 is 1.59 bits per heavy atom. The van der Waals surface area contributed by atoms with Crippen LogP contribution in [0.5, 0.6) is 0 Å². The van der Waals surface area contributed by atoms with Gasteiger partial charge in [-0.25, -0.2) is 9.18 Å². The van der Waals surface area contributed by atoms with E-state index in [9.17, 15) is 22.4 Å². The van der Waals surface area contributed by atoms with Gasteiger partial charge in [-0.1, -0.05) is 18.2 Å². The van der Waals surface area contributed by atoms with E-state index in [1.165, 1.54) is 18.2 Å². The highest BCUT2D eigenvalue weighted by molar-refractivity contribution is 5.75. The molecule has 0 saturated carbocycles. The molecule has 2 aromatic carbocycles. The Balaban J connectivity index is 1.17. The quantitative estimate of drug-likeness (QED) is 0.551. The fourth-order valence-corrected chi connectivity index (χ4v) is 5.59. The Hall–Kier alpha value is -2.65. The third kappa shape index (κ3) is 4.63. The summed E-state index contributed by atoms with van der Waals surface area (Å²) in [5.41, 5.74) is 0.837. The van der Waals surface area contributed by atoms with Crippen LogP contribution in [0.2, 0.25) is 0 Å². The number of hydrogen-bond donors (Lipinski definition) is 1. The number of rotatable bonds is 4. The van der Waals surface area contributed by atoms with Crippen LogP contribution in [-0.4, -0.2) is 51.6 Å². The summed E-state index contributed by atoms with van der Waals surface area (Å²) in [5.74, 6) is -0.371. The molecule has 3 aromatic rings. The molecule has 5 rings (SSSR count). The lowest BCUT2D eigenvalue weighted by atomic mass is 9.97. The predicted octanol–water partition coefficient (Wildman–Crippen LogP) is 4.79. The summed E-state index contributed by atoms with van der Waals surface area (Å²) < 4.78 is 55.2. The van der Waals surface area contributed by atoms with E-state index >= 15 is 0 Å². The summed E-state index contributed by atoms with van der Waals surface area (Å²) in [4.78, 5) is 19.8. The number of piperidine rings is 2. The minimum atomic E-state index is -4.33. The van der Waals surface area contributed by atoms with Crippen molar-refractivity contribution in [1.82, 2.24) is 19.4 Å². The third-order valence-corrected chi connectivity index (χ3v) is 7.33. The monoisotopic (exact) mass is 476 g/mol. The molecule has 3 heterocycles. The van der Waals surface area contributed by atoms with Crippen molar-refractivity contribution < 1.29 is 17.6 Å². The molecule has 5 nitrogen and oxygen atoms in total. The predicted molar refractivity (Wildman–Crippen MR) is 122 cm³/mol. The minimum Gasteiger partial charge on any atom is -0.305 e. The van der Waals surface area contributed by atoms with Gasteiger partial charge in [-0.15, -0.1) is 0 Å². The molecule has 1 aromatic heterocycles. The normalized spacial score (nSPS) is 19.8. The molecule has 0 atom stereocenters. The van der Waals surface area contributed by atoms with Crippen LogP contribution in [0.15, 0.2) is 47.3 Å². The first-order chi connectivity index (χ1) is 16.3. The highest BCUT2D eigenvalue weighted by atomic mass is 19.4. The zero-order valence-corrected chi connectivity index (χ0v) is 18.8. The fourth-order valence-electron chi connectivity index (χ4n) is 5.59. The van der Waals surface area contributed by atoms with Crippen molar-refractivity contribution in [2.45, 2.75) is 50.5 Å². The van der Waals surface area contributed by atoms with Crippen LogP contribution in [0.25, 0.3) is 11.0 Å². The molecule has 1 N–H and O–H groups in total. The number of fused-ring (bicyclic) bond motifs is 1. The average Bonchev–Trinajstić information content (AvgIpc) is 3.14. The maximum absolute atomic E-state index is 13.5. The molecule has 0 amide bonds. The van der Waals surface area contributed by atoms with Gasteiger partial charge in [0.1, 0.15) is 5.82 Å². The number of hydrogen-bond acceptors (Lipinski definition) is 3. The topological polar surface area (TPSA) is 44.3 Å². The number of aromatic amines is 1. The van der Waals surface area contributed by atoms with Gasteiger partial charge in [0.2, 0.25) is 0 Å². The molecule has 2 aliphatic heterocycles. The summed E-state index contributed by atoms with van der Waals surface area (Å²) in [6, 6.07) is 10.7. The van der Waals surface area contributed by atoms with Gasteiger partial charge in [-0.3, -0.25) is 9.47 Å². The van der Waals surface area contributed by atoms with E-state index in [-0.39, 0.29) is 17.5 Å². The highest BCUT2D eigenvalue weighted by Crippen LogP contribution is 2.33. The van der Waals surface area contributed by atoms with E-state index in [2.05, 4.69) is 14.8 Å². The second-order valence-electron chi connectivity index (χ2n) is 9.39. The van der Waals surface area contributed by atoms with Gasteiger partial charge >= 0.3 is 11.9 Å². The molecule has 0 aliphatic carbocycles. The summed E-state index contributed by atoms with van der Waals surface area (Å²) in [6.45, 7) is 3.59. The molecule has 9 heteroatoms. The van der Waals surface area contributed by atoms with Gasteiger partial charge < -0.3 is 9.88 Å². The van der Waals surface area contributed by atoms with E-state index in [1.807, 2.05) is 0 Å². The zero-order chi connectivity index (χ0) is 23.9. The van der Waals surface area contributed by atoms with E-state index in [0.717, 1.165) is 63.4 Å². The number of nitrogens with zero attached hydrogens (tertiary/aromatic N) is 3. The van der Waals surface area contributed by atoms with Crippen molar-refractivity contribution in [3.63, 3.8) is 0 Å². The lowest BCUT2D eigenvalue weighted by Crippen LogP contribution is -2.48. The van der Waals surface area contributed by atoms with Crippen LogP contribution in [0.4, 0.5) is 17.6 Å². The Kier molecular flexibility index (Phi) is 6.24. The smallest absolute Gasteiger partial charge is 0.305 e. The van der Waals surface area contributed by atoms with Crippen LogP contribution < -0.4 is 5.69 Å². The number of benzene rings is 2. The van der Waals surface area contributed by atoms with Crippen LogP contribution >= 0.6 is 0 Å². The summed E-state index contributed by atoms with van der Waals surface area (Å²) >= 11 is 0. The van der Waals surface area contributed by atoms with Gasteiger partial charge in [0.25, 0.3) is 0 Å². The fraction of sp³-hybridized carbons (Fsp3) is 0.480. The first-order valence-electron chi connectivity index (χ1n) is 11.8. The molecular formula is C25H28F4N4O. The van der Waals surface area contributed by atoms with Crippen molar-refractivity contribution in [2.24, 2.45) is 0 Å². The van der Waals surface area contributed by atoms with Crippen molar-refractivity contribution in [2.75, 3.05) is 26.2 Å². The van der Waals surface area contributed by atoms with Crippen LogP contribution in [0, 0.1) is 5.82 Å². The lowest BCUT2D eigenvalue weighted by Gasteiger charge is -2.42. The number of halogens is 4. The maximum Gasteiger partial charge on any atom is 0.416 e. The Bertz CT molecular complexity index is 1200. The number of aromatic nitrogens is 2. The summed E-state index contributed by atoms with van der Waals surface area (Å²) in [5, 5.41) is 0. The molecular weight excluding hydrogens is 448 g/mol. The molecule has 0 bridgehead atoms. The molecule has 0 unspecified atom stereocenters. The number of likely N-dealkylation sites (tertiary alicyclic amines) is 2. The van der Waals surface area contributed by atoms with Gasteiger partial charge in [0, 0.05) is 31.7 Å². The number of H-pyrrole nitrogens is 1. The first kappa shape index (κ1) is 23.1. The molecule has 2 aliphatic rings. The van der Waals surface area contributed by atoms with Gasteiger partial charge in [0.15, 0.2) is 0 Å². The largest absolute Gasteiger partial charge is 0.416 e. The minimum absolute atomic E-state index is 0.0712. The summed E-state index contributed by atoms with van der Waals surface area (Å²) in [7, 11) is 0. The van der Waals surface area contributed by atoms with Crippen LogP contribution in [0.1, 0.15) is 42.9 Å². The molecule has 0 spiro atoms. The molecule has 0 radical (unpaired) electrons. The summed E-state index contributed by atoms with van der Waals surface area (Å²) in [6.07, 6.45) is -0.816. The van der Waals surface area contributed by atoms with Crippen molar-refractivity contribution in [3.8, 4) is 0 Å². The second kappa shape index (κ2) is 9.19. The second-order valence-corrected chi connectivity index (χ2v) is 9.39. The van der Waals surface area contributed by atoms with Gasteiger partial charge in [0.05, 0.1) is 16.6 Å². The van der Waals surface area contributed by atoms with E-state index in [0.29, 0.717) is 23.7 Å². The first-order valence-corrected chi connectivity index (χ1v) is 11.8. The Labute approximate surface area is 195 Å². The number of nitrogens with one attached hydrogen (secondary N) is 1. The SMILES string of the molecule is O=c1[nH]c2cc(F)ccc2n1C1CCN(C2CCN(Cc3ccccc3C(F)(F)F)CC2)CC1. The average molecular weight is 477 g/mol. The lowest BCUT2D eigenvalue weighted by molar-refractivity contribution is -0.138. The number of alkyl halides is 3. The zero-order valence-electron chi connectivity index (χ0n) is 18.8. The van der Waals surface area contributed by atoms with Crippen molar-refractivity contribution >= 4 is 11.0 Å². The van der Waals surface area contributed by atoms with Crippen molar-refractivity contribution in [1.29, 1.82) is 0 Å². The van der Waals surface area contributed by atoms with E-state index in [4.69, 9.17) is 0 Å². The van der Waals surface area contributed by atoms with E-state index in [1.54, 1.807) is 22.8 Å². The highest BCUT2D eigenvalue weighted by Gasteiger charge is 2.34. The Morgan fingerprint density at radius 1 is 0.912 bits per heavy atom. The number of imidazole rings is 1. The van der Waals surface area contributed by atoms with Crippen molar-refractivity contribution in [3.05, 3.63) is 69.9 Å². The standard InChI is InChI=1S/C25H28F4N4O/c26-18-5-6-23-22(15-18)30-24(34)33(23)20-9-13-32(14-10-20)19-7-11-31(12-8-19)16-17-3-1-2-4-21(17)25(27,28)29/h1-6,15,19-20H,7-14,16H2,(H,30,34). The van der Waals surface area contributed by atoms with Gasteiger partial charge in [-0.05, 0) is 68.6 Å². The van der Waals surface area contributed by atoms with Gasteiger partial charge in [-0.2, -0.15) is 13.2 Å². The Morgan fingerprint density at radius 3 is 2.29 bits per heavy atom. The van der Waals surface area contributed by atoms with Crippen LogP contribution in [-0.2, 0) is 12.7 Å². The molecule has 182 valence electrons. The molecule has 2 saturated heterocycles. The maximum atomic E-state index is 13.5. The van der Waals surface area contributed by atoms with E-state index < -0.39 is 11.7 Å². The van der Waals surface area contributed by atoms with Crippen LogP contribution in [0.3, 0.4) is 0 Å². The molecule has 2 fully saturated rings. The third-order valence-electron chi connectivity index (χ3n) is 7.33. The molecule has 34 heavy (non-hydrogen) atoms.